The van der Waals surface area contributed by atoms with E-state index in [2.05, 4.69) is 13.8 Å². The van der Waals surface area contributed by atoms with Gasteiger partial charge in [0.05, 0.1) is 6.04 Å². The van der Waals surface area contributed by atoms with E-state index in [0.29, 0.717) is 11.8 Å². The molecule has 3 unspecified atom stereocenters. The van der Waals surface area contributed by atoms with E-state index >= 15 is 0 Å². The molecule has 1 amide bonds. The number of nitrogens with zero attached hydrogens (tertiary/aromatic N) is 1. The maximum absolute atomic E-state index is 12.0. The predicted octanol–water partition coefficient (Wildman–Crippen LogP) is 1.47. The second kappa shape index (κ2) is 4.97. The van der Waals surface area contributed by atoms with Crippen molar-refractivity contribution in [1.29, 1.82) is 0 Å². The minimum atomic E-state index is -0.331. The van der Waals surface area contributed by atoms with Gasteiger partial charge in [-0.25, -0.2) is 0 Å². The average molecular weight is 212 g/mol. The molecule has 0 aliphatic carbocycles. The van der Waals surface area contributed by atoms with Gasteiger partial charge < -0.3 is 10.6 Å². The number of amides is 1. The van der Waals surface area contributed by atoms with Crippen LogP contribution in [0.4, 0.5) is 0 Å². The fourth-order valence-corrected chi connectivity index (χ4v) is 2.34. The largest absolute Gasteiger partial charge is 0.341 e. The standard InChI is InChI=1S/C12H24N2O/c1-8(2)11(13)12(15)14-6-9(3)5-10(4)7-14/h8-11H,5-7,13H2,1-4H3. The second-order valence-electron chi connectivity index (χ2n) is 5.46. The molecule has 88 valence electrons. The Kier molecular flexibility index (Phi) is 4.14. The van der Waals surface area contributed by atoms with Gasteiger partial charge in [-0.1, -0.05) is 27.7 Å². The molecular weight excluding hydrogens is 188 g/mol. The molecule has 0 aromatic rings. The summed E-state index contributed by atoms with van der Waals surface area (Å²) in [7, 11) is 0. The van der Waals surface area contributed by atoms with Gasteiger partial charge in [0.25, 0.3) is 0 Å². The lowest BCUT2D eigenvalue weighted by molar-refractivity contribution is -0.136. The molecule has 0 aromatic carbocycles. The molecule has 0 radical (unpaired) electrons. The highest BCUT2D eigenvalue weighted by Crippen LogP contribution is 2.21. The Balaban J connectivity index is 2.59. The number of hydrogen-bond donors (Lipinski definition) is 1. The Morgan fingerprint density at radius 3 is 2.13 bits per heavy atom. The van der Waals surface area contributed by atoms with Crippen molar-refractivity contribution in [1.82, 2.24) is 4.90 Å². The topological polar surface area (TPSA) is 46.3 Å². The monoisotopic (exact) mass is 212 g/mol. The number of hydrogen-bond acceptors (Lipinski definition) is 2. The smallest absolute Gasteiger partial charge is 0.239 e. The van der Waals surface area contributed by atoms with Gasteiger partial charge in [-0.3, -0.25) is 4.79 Å². The van der Waals surface area contributed by atoms with Crippen molar-refractivity contribution in [2.24, 2.45) is 23.5 Å². The molecule has 1 rings (SSSR count). The van der Waals surface area contributed by atoms with Crippen molar-refractivity contribution in [3.8, 4) is 0 Å². The lowest BCUT2D eigenvalue weighted by Gasteiger charge is -2.36. The maximum atomic E-state index is 12.0. The molecule has 0 aromatic heterocycles. The summed E-state index contributed by atoms with van der Waals surface area (Å²) in [6.45, 7) is 10.2. The molecule has 0 bridgehead atoms. The summed E-state index contributed by atoms with van der Waals surface area (Å²) >= 11 is 0. The molecule has 15 heavy (non-hydrogen) atoms. The van der Waals surface area contributed by atoms with Gasteiger partial charge in [-0.05, 0) is 24.2 Å². The minimum absolute atomic E-state index is 0.128. The summed E-state index contributed by atoms with van der Waals surface area (Å²) in [4.78, 5) is 14.0. The van der Waals surface area contributed by atoms with Crippen LogP contribution in [0.3, 0.4) is 0 Å². The van der Waals surface area contributed by atoms with E-state index in [0.717, 1.165) is 13.1 Å². The Morgan fingerprint density at radius 2 is 1.73 bits per heavy atom. The summed E-state index contributed by atoms with van der Waals surface area (Å²) in [6.07, 6.45) is 1.22. The highest BCUT2D eigenvalue weighted by Gasteiger charge is 2.29. The third-order valence-electron chi connectivity index (χ3n) is 3.18. The number of likely N-dealkylation sites (tertiary alicyclic amines) is 1. The molecule has 1 aliphatic heterocycles. The van der Waals surface area contributed by atoms with Gasteiger partial charge in [0.1, 0.15) is 0 Å². The third kappa shape index (κ3) is 3.20. The van der Waals surface area contributed by atoms with Crippen LogP contribution in [-0.2, 0) is 4.79 Å². The van der Waals surface area contributed by atoms with Gasteiger partial charge in [0.15, 0.2) is 0 Å². The molecule has 1 aliphatic rings. The van der Waals surface area contributed by atoms with Gasteiger partial charge >= 0.3 is 0 Å². The first-order valence-electron chi connectivity index (χ1n) is 5.96. The van der Waals surface area contributed by atoms with E-state index in [1.165, 1.54) is 6.42 Å². The van der Waals surface area contributed by atoms with Crippen LogP contribution in [0.25, 0.3) is 0 Å². The quantitative estimate of drug-likeness (QED) is 0.753. The predicted molar refractivity (Wildman–Crippen MR) is 62.3 cm³/mol. The van der Waals surface area contributed by atoms with Crippen LogP contribution in [0.2, 0.25) is 0 Å². The molecule has 3 nitrogen and oxygen atoms in total. The van der Waals surface area contributed by atoms with Gasteiger partial charge in [-0.15, -0.1) is 0 Å². The summed E-state index contributed by atoms with van der Waals surface area (Å²) in [5.41, 5.74) is 5.89. The molecular formula is C12H24N2O. The second-order valence-corrected chi connectivity index (χ2v) is 5.46. The fourth-order valence-electron chi connectivity index (χ4n) is 2.34. The molecule has 1 fully saturated rings. The molecule has 3 heteroatoms. The van der Waals surface area contributed by atoms with E-state index in [9.17, 15) is 4.79 Å². The van der Waals surface area contributed by atoms with Crippen molar-refractivity contribution >= 4 is 5.91 Å². The van der Waals surface area contributed by atoms with E-state index in [4.69, 9.17) is 5.73 Å². The average Bonchev–Trinajstić information content (AvgIpc) is 2.13. The molecule has 2 N–H and O–H groups in total. The molecule has 0 spiro atoms. The zero-order valence-corrected chi connectivity index (χ0v) is 10.4. The summed E-state index contributed by atoms with van der Waals surface area (Å²) in [6, 6.07) is -0.331. The molecule has 0 saturated carbocycles. The van der Waals surface area contributed by atoms with Gasteiger partial charge in [-0.2, -0.15) is 0 Å². The van der Waals surface area contributed by atoms with Gasteiger partial charge in [0.2, 0.25) is 5.91 Å². The van der Waals surface area contributed by atoms with Crippen molar-refractivity contribution in [3.05, 3.63) is 0 Å². The van der Waals surface area contributed by atoms with E-state index < -0.39 is 0 Å². The van der Waals surface area contributed by atoms with Crippen LogP contribution < -0.4 is 5.73 Å². The molecule has 3 atom stereocenters. The van der Waals surface area contributed by atoms with Crippen LogP contribution in [-0.4, -0.2) is 29.9 Å². The Hall–Kier alpha value is -0.570. The Morgan fingerprint density at radius 1 is 1.27 bits per heavy atom. The fraction of sp³-hybridized carbons (Fsp3) is 0.917. The number of piperidine rings is 1. The van der Waals surface area contributed by atoms with Crippen molar-refractivity contribution in [2.45, 2.75) is 40.2 Å². The van der Waals surface area contributed by atoms with Crippen molar-refractivity contribution in [2.75, 3.05) is 13.1 Å². The van der Waals surface area contributed by atoms with Crippen LogP contribution in [0.5, 0.6) is 0 Å². The minimum Gasteiger partial charge on any atom is -0.341 e. The summed E-state index contributed by atoms with van der Waals surface area (Å²) < 4.78 is 0. The van der Waals surface area contributed by atoms with Crippen LogP contribution in [0.1, 0.15) is 34.1 Å². The van der Waals surface area contributed by atoms with Crippen LogP contribution in [0.15, 0.2) is 0 Å². The Bertz CT molecular complexity index is 218. The SMILES string of the molecule is CC1CC(C)CN(C(=O)C(N)C(C)C)C1. The number of carbonyl (C=O) groups excluding carboxylic acids is 1. The van der Waals surface area contributed by atoms with Crippen molar-refractivity contribution < 1.29 is 4.79 Å². The number of carbonyl (C=O) groups is 1. The Labute approximate surface area is 93.0 Å². The summed E-state index contributed by atoms with van der Waals surface area (Å²) in [5.74, 6) is 1.57. The zero-order valence-electron chi connectivity index (χ0n) is 10.4. The van der Waals surface area contributed by atoms with E-state index in [1.54, 1.807) is 0 Å². The van der Waals surface area contributed by atoms with Crippen LogP contribution in [0, 0.1) is 17.8 Å². The maximum Gasteiger partial charge on any atom is 0.239 e. The lowest BCUT2D eigenvalue weighted by Crippen LogP contribution is -2.51. The lowest BCUT2D eigenvalue weighted by atomic mass is 9.91. The van der Waals surface area contributed by atoms with E-state index in [1.807, 2.05) is 18.7 Å². The summed E-state index contributed by atoms with van der Waals surface area (Å²) in [5, 5.41) is 0. The first-order valence-corrected chi connectivity index (χ1v) is 5.96. The zero-order chi connectivity index (χ0) is 11.6. The number of nitrogens with two attached hydrogens (primary N) is 1. The molecule has 1 heterocycles. The van der Waals surface area contributed by atoms with Crippen LogP contribution >= 0.6 is 0 Å². The highest BCUT2D eigenvalue weighted by molar-refractivity contribution is 5.82. The van der Waals surface area contributed by atoms with Gasteiger partial charge in [0, 0.05) is 13.1 Å². The highest BCUT2D eigenvalue weighted by atomic mass is 16.2. The first kappa shape index (κ1) is 12.5. The van der Waals surface area contributed by atoms with Crippen molar-refractivity contribution in [3.63, 3.8) is 0 Å². The third-order valence-corrected chi connectivity index (χ3v) is 3.18. The molecule has 1 saturated heterocycles. The first-order chi connectivity index (χ1) is 6.91. The normalized spacial score (nSPS) is 29.3. The number of rotatable bonds is 2. The van der Waals surface area contributed by atoms with E-state index in [-0.39, 0.29) is 17.9 Å².